The Morgan fingerprint density at radius 2 is 2.44 bits per heavy atom. The minimum atomic E-state index is -0.0746. The number of H-pyrrole nitrogens is 1. The van der Waals surface area contributed by atoms with Crippen LogP contribution in [0.1, 0.15) is 29.6 Å². The van der Waals surface area contributed by atoms with Crippen LogP contribution in [0.2, 0.25) is 0 Å². The third-order valence-electron chi connectivity index (χ3n) is 5.06. The van der Waals surface area contributed by atoms with E-state index in [9.17, 15) is 4.79 Å². The number of rotatable bonds is 5. The first kappa shape index (κ1) is 15.9. The molecule has 1 aliphatic heterocycles. The molecule has 2 N–H and O–H groups in total. The molecular weight excluding hydrogens is 316 g/mol. The molecule has 0 aliphatic carbocycles. The lowest BCUT2D eigenvalue weighted by Gasteiger charge is -2.19. The smallest absolute Gasteiger partial charge is 0.252 e. The van der Waals surface area contributed by atoms with E-state index in [1.54, 1.807) is 18.7 Å². The molecule has 25 heavy (non-hydrogen) atoms. The van der Waals surface area contributed by atoms with Crippen molar-refractivity contribution in [3.05, 3.63) is 42.6 Å². The second kappa shape index (κ2) is 6.72. The maximum atomic E-state index is 12.5. The SMILES string of the molecule is CN1CCC[C@@H]1CCNC(=O)c1cnc2[nH]cc(-c3ccoc3)c2c1. The van der Waals surface area contributed by atoms with E-state index < -0.39 is 0 Å². The van der Waals surface area contributed by atoms with E-state index in [1.807, 2.05) is 18.3 Å². The summed E-state index contributed by atoms with van der Waals surface area (Å²) in [6.45, 7) is 1.84. The van der Waals surface area contributed by atoms with Crippen molar-refractivity contribution in [2.45, 2.75) is 25.3 Å². The van der Waals surface area contributed by atoms with Crippen LogP contribution >= 0.6 is 0 Å². The van der Waals surface area contributed by atoms with Crippen molar-refractivity contribution in [1.82, 2.24) is 20.2 Å². The topological polar surface area (TPSA) is 74.2 Å². The zero-order chi connectivity index (χ0) is 17.2. The molecule has 0 radical (unpaired) electrons. The van der Waals surface area contributed by atoms with Crippen LogP contribution in [0.3, 0.4) is 0 Å². The molecule has 1 fully saturated rings. The molecule has 0 bridgehead atoms. The highest BCUT2D eigenvalue weighted by molar-refractivity contribution is 6.00. The zero-order valence-electron chi connectivity index (χ0n) is 14.3. The van der Waals surface area contributed by atoms with E-state index in [2.05, 4.69) is 27.2 Å². The molecule has 3 aromatic heterocycles. The van der Waals surface area contributed by atoms with Crippen LogP contribution in [0.15, 0.2) is 41.5 Å². The number of furan rings is 1. The number of fused-ring (bicyclic) bond motifs is 1. The highest BCUT2D eigenvalue weighted by Crippen LogP contribution is 2.28. The minimum Gasteiger partial charge on any atom is -0.472 e. The molecule has 1 saturated heterocycles. The fourth-order valence-corrected chi connectivity index (χ4v) is 3.58. The van der Waals surface area contributed by atoms with Crippen molar-refractivity contribution in [3.8, 4) is 11.1 Å². The largest absolute Gasteiger partial charge is 0.472 e. The monoisotopic (exact) mass is 338 g/mol. The number of carbonyl (C=O) groups excluding carboxylic acids is 1. The molecule has 0 unspecified atom stereocenters. The van der Waals surface area contributed by atoms with E-state index in [-0.39, 0.29) is 5.91 Å². The van der Waals surface area contributed by atoms with Gasteiger partial charge in [0.1, 0.15) is 5.65 Å². The molecule has 130 valence electrons. The van der Waals surface area contributed by atoms with Gasteiger partial charge in [0, 0.05) is 41.5 Å². The summed E-state index contributed by atoms with van der Waals surface area (Å²) in [5.41, 5.74) is 3.30. The van der Waals surface area contributed by atoms with E-state index in [1.165, 1.54) is 12.8 Å². The van der Waals surface area contributed by atoms with E-state index in [4.69, 9.17) is 4.42 Å². The lowest BCUT2D eigenvalue weighted by molar-refractivity contribution is 0.0950. The van der Waals surface area contributed by atoms with Crippen molar-refractivity contribution >= 4 is 16.9 Å². The number of aromatic amines is 1. The van der Waals surface area contributed by atoms with Crippen molar-refractivity contribution in [1.29, 1.82) is 0 Å². The summed E-state index contributed by atoms with van der Waals surface area (Å²) >= 11 is 0. The van der Waals surface area contributed by atoms with Gasteiger partial charge in [0.2, 0.25) is 0 Å². The molecule has 6 nitrogen and oxygen atoms in total. The maximum absolute atomic E-state index is 12.5. The van der Waals surface area contributed by atoms with Gasteiger partial charge in [-0.1, -0.05) is 0 Å². The highest BCUT2D eigenvalue weighted by Gasteiger charge is 2.20. The third-order valence-corrected chi connectivity index (χ3v) is 5.06. The Kier molecular flexibility index (Phi) is 4.28. The number of pyridine rings is 1. The molecule has 0 aromatic carbocycles. The van der Waals surface area contributed by atoms with Crippen LogP contribution in [0.25, 0.3) is 22.2 Å². The molecule has 0 spiro atoms. The van der Waals surface area contributed by atoms with Crippen LogP contribution in [-0.2, 0) is 0 Å². The number of amides is 1. The van der Waals surface area contributed by atoms with Crippen LogP contribution in [-0.4, -0.2) is 47.0 Å². The van der Waals surface area contributed by atoms with Gasteiger partial charge in [-0.15, -0.1) is 0 Å². The summed E-state index contributed by atoms with van der Waals surface area (Å²) < 4.78 is 5.16. The Bertz CT molecular complexity index is 869. The van der Waals surface area contributed by atoms with E-state index >= 15 is 0 Å². The van der Waals surface area contributed by atoms with Gasteiger partial charge < -0.3 is 19.6 Å². The summed E-state index contributed by atoms with van der Waals surface area (Å²) in [4.78, 5) is 22.4. The van der Waals surface area contributed by atoms with Gasteiger partial charge in [-0.05, 0) is 45.0 Å². The number of nitrogens with zero attached hydrogens (tertiary/aromatic N) is 2. The summed E-state index contributed by atoms with van der Waals surface area (Å²) in [5, 5.41) is 3.94. The van der Waals surface area contributed by atoms with Gasteiger partial charge in [-0.3, -0.25) is 4.79 Å². The molecule has 1 amide bonds. The molecule has 3 aromatic rings. The Hall–Kier alpha value is -2.60. The van der Waals surface area contributed by atoms with Gasteiger partial charge in [-0.2, -0.15) is 0 Å². The number of likely N-dealkylation sites (tertiary alicyclic amines) is 1. The normalized spacial score (nSPS) is 18.0. The summed E-state index contributed by atoms with van der Waals surface area (Å²) in [5.74, 6) is -0.0746. The highest BCUT2D eigenvalue weighted by atomic mass is 16.3. The third kappa shape index (κ3) is 3.17. The van der Waals surface area contributed by atoms with Crippen molar-refractivity contribution in [3.63, 3.8) is 0 Å². The molecule has 6 heteroatoms. The summed E-state index contributed by atoms with van der Waals surface area (Å²) in [7, 11) is 2.15. The van der Waals surface area contributed by atoms with Gasteiger partial charge in [0.25, 0.3) is 5.91 Å². The first-order valence-corrected chi connectivity index (χ1v) is 8.70. The number of carbonyl (C=O) groups is 1. The predicted octanol–water partition coefficient (Wildman–Crippen LogP) is 3.04. The second-order valence-corrected chi connectivity index (χ2v) is 6.66. The fourth-order valence-electron chi connectivity index (χ4n) is 3.58. The van der Waals surface area contributed by atoms with Gasteiger partial charge in [0.15, 0.2) is 0 Å². The summed E-state index contributed by atoms with van der Waals surface area (Å²) in [6.07, 6.45) is 10.3. The zero-order valence-corrected chi connectivity index (χ0v) is 14.3. The number of hydrogen-bond acceptors (Lipinski definition) is 4. The van der Waals surface area contributed by atoms with E-state index in [0.29, 0.717) is 18.2 Å². The van der Waals surface area contributed by atoms with Crippen molar-refractivity contribution in [2.75, 3.05) is 20.1 Å². The van der Waals surface area contributed by atoms with Crippen LogP contribution in [0.4, 0.5) is 0 Å². The number of nitrogens with one attached hydrogen (secondary N) is 2. The molecule has 1 aliphatic rings. The molecular formula is C19H22N4O2. The van der Waals surface area contributed by atoms with E-state index in [0.717, 1.165) is 35.1 Å². The lowest BCUT2D eigenvalue weighted by atomic mass is 10.1. The van der Waals surface area contributed by atoms with Crippen LogP contribution < -0.4 is 5.32 Å². The predicted molar refractivity (Wildman–Crippen MR) is 96.4 cm³/mol. The Balaban J connectivity index is 1.47. The second-order valence-electron chi connectivity index (χ2n) is 6.66. The number of aromatic nitrogens is 2. The average Bonchev–Trinajstić information content (AvgIpc) is 3.34. The van der Waals surface area contributed by atoms with Gasteiger partial charge in [0.05, 0.1) is 18.1 Å². The Labute approximate surface area is 146 Å². The molecule has 4 rings (SSSR count). The van der Waals surface area contributed by atoms with Crippen molar-refractivity contribution < 1.29 is 9.21 Å². The van der Waals surface area contributed by atoms with Crippen LogP contribution in [0, 0.1) is 0 Å². The first-order chi connectivity index (χ1) is 12.2. The first-order valence-electron chi connectivity index (χ1n) is 8.70. The van der Waals surface area contributed by atoms with Crippen molar-refractivity contribution in [2.24, 2.45) is 0 Å². The summed E-state index contributed by atoms with van der Waals surface area (Å²) in [6, 6.07) is 4.37. The molecule has 1 atom stereocenters. The maximum Gasteiger partial charge on any atom is 0.252 e. The Morgan fingerprint density at radius 1 is 1.52 bits per heavy atom. The standard InChI is InChI=1S/C19H22N4O2/c1-23-7-2-3-15(23)4-6-20-19(24)14-9-16-17(13-5-8-25-12-13)11-22-18(16)21-10-14/h5,8-12,15H,2-4,6-7H2,1H3,(H,20,24)(H,21,22)/t15-/m1/s1. The quantitative estimate of drug-likeness (QED) is 0.750. The minimum absolute atomic E-state index is 0.0746. The molecule has 0 saturated carbocycles. The van der Waals surface area contributed by atoms with Gasteiger partial charge in [-0.25, -0.2) is 4.98 Å². The average molecular weight is 338 g/mol. The lowest BCUT2D eigenvalue weighted by Crippen LogP contribution is -2.31. The van der Waals surface area contributed by atoms with Crippen LogP contribution in [0.5, 0.6) is 0 Å². The van der Waals surface area contributed by atoms with Gasteiger partial charge >= 0.3 is 0 Å². The fraction of sp³-hybridized carbons (Fsp3) is 0.368. The number of hydrogen-bond donors (Lipinski definition) is 2. The Morgan fingerprint density at radius 3 is 3.20 bits per heavy atom. The molecule has 4 heterocycles.